The van der Waals surface area contributed by atoms with E-state index in [0.29, 0.717) is 30.8 Å². The van der Waals surface area contributed by atoms with Crippen LogP contribution in [0.15, 0.2) is 102 Å². The second-order valence-corrected chi connectivity index (χ2v) is 8.98. The van der Waals surface area contributed by atoms with Crippen LogP contribution in [0.25, 0.3) is 10.8 Å². The van der Waals surface area contributed by atoms with Crippen molar-refractivity contribution < 1.29 is 27.8 Å². The number of nitrogens with one attached hydrogen (secondary N) is 1. The average molecular weight is 492 g/mol. The number of aliphatic carboxylic acids is 1. The standard InChI is InChI=1S/C29H24F3NO3/c30-29(31,32)23-13-4-3-12-22(23)28(15-6-10-20-18-24(27(34)35)33-26(20)28)16-7-17-36-25-14-5-9-19-8-1-2-11-21(19)25/h1-6,8-15,18,26,33H,7,16-17H2,(H,34,35). The number of hydrogen-bond acceptors (Lipinski definition) is 3. The molecule has 1 aliphatic heterocycles. The van der Waals surface area contributed by atoms with Crippen molar-refractivity contribution in [1.82, 2.24) is 5.32 Å². The van der Waals surface area contributed by atoms with Gasteiger partial charge in [0, 0.05) is 10.8 Å². The summed E-state index contributed by atoms with van der Waals surface area (Å²) in [4.78, 5) is 11.7. The third-order valence-corrected chi connectivity index (χ3v) is 6.85. The molecule has 36 heavy (non-hydrogen) atoms. The molecule has 7 heteroatoms. The molecule has 3 aromatic rings. The zero-order chi connectivity index (χ0) is 25.3. The molecule has 2 aliphatic rings. The number of carbonyl (C=O) groups is 1. The van der Waals surface area contributed by atoms with Gasteiger partial charge >= 0.3 is 12.1 Å². The van der Waals surface area contributed by atoms with Crippen molar-refractivity contribution >= 4 is 16.7 Å². The van der Waals surface area contributed by atoms with Crippen molar-refractivity contribution in [3.8, 4) is 5.75 Å². The normalized spacial score (nSPS) is 20.9. The number of rotatable bonds is 7. The number of fused-ring (bicyclic) bond motifs is 2. The van der Waals surface area contributed by atoms with Crippen molar-refractivity contribution in [3.05, 3.63) is 113 Å². The van der Waals surface area contributed by atoms with Gasteiger partial charge in [0.25, 0.3) is 0 Å². The number of hydrogen-bond donors (Lipinski definition) is 2. The first kappa shape index (κ1) is 23.7. The van der Waals surface area contributed by atoms with Crippen LogP contribution in [0.5, 0.6) is 5.75 Å². The fourth-order valence-corrected chi connectivity index (χ4v) is 5.26. The zero-order valence-electron chi connectivity index (χ0n) is 19.3. The Hall–Kier alpha value is -4.00. The summed E-state index contributed by atoms with van der Waals surface area (Å²) in [5.41, 5.74) is -1.12. The van der Waals surface area contributed by atoms with Gasteiger partial charge < -0.3 is 15.2 Å². The first-order chi connectivity index (χ1) is 17.3. The van der Waals surface area contributed by atoms with Crippen LogP contribution >= 0.6 is 0 Å². The van der Waals surface area contributed by atoms with Crippen molar-refractivity contribution in [2.75, 3.05) is 6.61 Å². The molecule has 0 saturated heterocycles. The zero-order valence-corrected chi connectivity index (χ0v) is 19.3. The summed E-state index contributed by atoms with van der Waals surface area (Å²) in [6.07, 6.45) is 2.93. The van der Waals surface area contributed by atoms with Crippen LogP contribution in [0.1, 0.15) is 24.0 Å². The largest absolute Gasteiger partial charge is 0.493 e. The predicted octanol–water partition coefficient (Wildman–Crippen LogP) is 6.39. The molecule has 3 aromatic carbocycles. The summed E-state index contributed by atoms with van der Waals surface area (Å²) in [6.45, 7) is 0.294. The second-order valence-electron chi connectivity index (χ2n) is 8.98. The highest BCUT2D eigenvalue weighted by molar-refractivity contribution is 5.89. The number of halogens is 3. The average Bonchev–Trinajstić information content (AvgIpc) is 3.32. The molecule has 2 atom stereocenters. The lowest BCUT2D eigenvalue weighted by molar-refractivity contribution is -0.139. The van der Waals surface area contributed by atoms with Crippen LogP contribution in [-0.4, -0.2) is 23.7 Å². The summed E-state index contributed by atoms with van der Waals surface area (Å²) < 4.78 is 48.3. The molecule has 4 nitrogen and oxygen atoms in total. The molecule has 1 heterocycles. The van der Waals surface area contributed by atoms with E-state index >= 15 is 0 Å². The molecule has 0 aromatic heterocycles. The van der Waals surface area contributed by atoms with E-state index in [0.717, 1.165) is 16.8 Å². The van der Waals surface area contributed by atoms with Crippen molar-refractivity contribution in [3.63, 3.8) is 0 Å². The molecule has 0 saturated carbocycles. The number of benzene rings is 3. The lowest BCUT2D eigenvalue weighted by atomic mass is 9.66. The van der Waals surface area contributed by atoms with Gasteiger partial charge in [-0.1, -0.05) is 72.8 Å². The molecule has 184 valence electrons. The number of carboxylic acid groups (broad SMARTS) is 1. The van der Waals surface area contributed by atoms with Gasteiger partial charge in [-0.05, 0) is 47.6 Å². The Bertz CT molecular complexity index is 1400. The first-order valence-electron chi connectivity index (χ1n) is 11.7. The second kappa shape index (κ2) is 9.22. The molecule has 2 N–H and O–H groups in total. The van der Waals surface area contributed by atoms with Gasteiger partial charge in [0.2, 0.25) is 0 Å². The van der Waals surface area contributed by atoms with Gasteiger partial charge in [0.15, 0.2) is 0 Å². The van der Waals surface area contributed by atoms with Crippen LogP contribution in [-0.2, 0) is 16.4 Å². The number of ether oxygens (including phenoxy) is 1. The minimum atomic E-state index is -4.56. The molecule has 0 fully saturated rings. The highest BCUT2D eigenvalue weighted by Gasteiger charge is 2.48. The monoisotopic (exact) mass is 491 g/mol. The summed E-state index contributed by atoms with van der Waals surface area (Å²) in [5.74, 6) is -0.436. The molecule has 5 rings (SSSR count). The Balaban J connectivity index is 1.46. The van der Waals surface area contributed by atoms with E-state index < -0.39 is 29.2 Å². The minimum absolute atomic E-state index is 0.0316. The Morgan fingerprint density at radius 1 is 1.03 bits per heavy atom. The lowest BCUT2D eigenvalue weighted by Crippen LogP contribution is -2.48. The van der Waals surface area contributed by atoms with Gasteiger partial charge in [-0.15, -0.1) is 0 Å². The van der Waals surface area contributed by atoms with Crippen LogP contribution in [0.2, 0.25) is 0 Å². The molecule has 1 aliphatic carbocycles. The summed E-state index contributed by atoms with van der Waals surface area (Å²) in [5, 5.41) is 14.5. The van der Waals surface area contributed by atoms with Gasteiger partial charge in [-0.25, -0.2) is 4.79 Å². The SMILES string of the molecule is O=C(O)C1=CC2=CC=CC(CCCOc3cccc4ccccc34)(c3ccccc3C(F)(F)F)C2N1. The maximum atomic E-state index is 14.1. The summed E-state index contributed by atoms with van der Waals surface area (Å²) in [7, 11) is 0. The van der Waals surface area contributed by atoms with E-state index in [1.165, 1.54) is 18.2 Å². The maximum Gasteiger partial charge on any atom is 0.416 e. The number of alkyl halides is 3. The molecular formula is C29H24F3NO3. The van der Waals surface area contributed by atoms with E-state index in [4.69, 9.17) is 4.74 Å². The smallest absolute Gasteiger partial charge is 0.416 e. The van der Waals surface area contributed by atoms with Crippen molar-refractivity contribution in [2.45, 2.75) is 30.5 Å². The quantitative estimate of drug-likeness (QED) is 0.376. The number of carboxylic acids is 1. The third kappa shape index (κ3) is 4.26. The minimum Gasteiger partial charge on any atom is -0.493 e. The summed E-state index contributed by atoms with van der Waals surface area (Å²) in [6, 6.07) is 18.5. The summed E-state index contributed by atoms with van der Waals surface area (Å²) >= 11 is 0. The Kier molecular flexibility index (Phi) is 6.08. The van der Waals surface area contributed by atoms with E-state index in [9.17, 15) is 23.1 Å². The van der Waals surface area contributed by atoms with Crippen LogP contribution in [0, 0.1) is 0 Å². The van der Waals surface area contributed by atoms with Gasteiger partial charge in [-0.2, -0.15) is 13.2 Å². The van der Waals surface area contributed by atoms with Crippen LogP contribution < -0.4 is 10.1 Å². The highest BCUT2D eigenvalue weighted by atomic mass is 19.4. The van der Waals surface area contributed by atoms with Crippen LogP contribution in [0.4, 0.5) is 13.2 Å². The van der Waals surface area contributed by atoms with E-state index in [2.05, 4.69) is 5.32 Å². The molecule has 0 spiro atoms. The lowest BCUT2D eigenvalue weighted by Gasteiger charge is -2.41. The van der Waals surface area contributed by atoms with Crippen LogP contribution in [0.3, 0.4) is 0 Å². The highest BCUT2D eigenvalue weighted by Crippen LogP contribution is 2.47. The Labute approximate surface area is 206 Å². The fraction of sp³-hybridized carbons (Fsp3) is 0.207. The Morgan fingerprint density at radius 2 is 1.78 bits per heavy atom. The van der Waals surface area contributed by atoms with E-state index in [-0.39, 0.29) is 11.3 Å². The van der Waals surface area contributed by atoms with Gasteiger partial charge in [0.05, 0.1) is 18.2 Å². The van der Waals surface area contributed by atoms with Gasteiger partial charge in [0.1, 0.15) is 11.4 Å². The Morgan fingerprint density at radius 3 is 2.58 bits per heavy atom. The molecule has 0 bridgehead atoms. The molecule has 0 amide bonds. The van der Waals surface area contributed by atoms with Crippen molar-refractivity contribution in [2.24, 2.45) is 0 Å². The first-order valence-corrected chi connectivity index (χ1v) is 11.7. The fourth-order valence-electron chi connectivity index (χ4n) is 5.26. The van der Waals surface area contributed by atoms with E-state index in [1.54, 1.807) is 24.3 Å². The molecule has 0 radical (unpaired) electrons. The van der Waals surface area contributed by atoms with Crippen molar-refractivity contribution in [1.29, 1.82) is 0 Å². The van der Waals surface area contributed by atoms with E-state index in [1.807, 2.05) is 42.5 Å². The third-order valence-electron chi connectivity index (χ3n) is 6.85. The topological polar surface area (TPSA) is 58.6 Å². The predicted molar refractivity (Wildman–Crippen MR) is 132 cm³/mol. The molecular weight excluding hydrogens is 467 g/mol. The molecule has 2 unspecified atom stereocenters. The number of allylic oxidation sites excluding steroid dienone is 2. The van der Waals surface area contributed by atoms with Gasteiger partial charge in [-0.3, -0.25) is 0 Å². The maximum absolute atomic E-state index is 14.1.